The van der Waals surface area contributed by atoms with Crippen LogP contribution in [0.3, 0.4) is 0 Å². The zero-order valence-corrected chi connectivity index (χ0v) is 15.1. The molecule has 1 aromatic rings. The van der Waals surface area contributed by atoms with Crippen LogP contribution in [0, 0.1) is 11.8 Å². The van der Waals surface area contributed by atoms with E-state index in [0.29, 0.717) is 18.6 Å². The van der Waals surface area contributed by atoms with Crippen LogP contribution in [0.15, 0.2) is 12.1 Å². The molecule has 3 nitrogen and oxygen atoms in total. The zero-order valence-electron chi connectivity index (χ0n) is 15.1. The van der Waals surface area contributed by atoms with Gasteiger partial charge >= 0.3 is 0 Å². The fraction of sp³-hybridized carbons (Fsp3) is 0.750. The second-order valence-corrected chi connectivity index (χ2v) is 7.12. The lowest BCUT2D eigenvalue weighted by molar-refractivity contribution is -0.123. The number of carbonyl (C=O) groups is 1. The summed E-state index contributed by atoms with van der Waals surface area (Å²) in [6.45, 7) is 4.10. The molecule has 1 aliphatic carbocycles. The molecule has 0 N–H and O–H groups in total. The smallest absolute Gasteiger partial charge is 0.135 e. The topological polar surface area (TPSA) is 42.9 Å². The maximum Gasteiger partial charge on any atom is 0.135 e. The molecular formula is C20H31FN2O. The minimum atomic E-state index is -0.872. The van der Waals surface area contributed by atoms with Crippen molar-refractivity contribution >= 4 is 5.78 Å². The number of rotatable bonds is 9. The van der Waals surface area contributed by atoms with E-state index in [9.17, 15) is 9.18 Å². The highest BCUT2D eigenvalue weighted by Crippen LogP contribution is 2.33. The van der Waals surface area contributed by atoms with Crippen LogP contribution in [0.1, 0.15) is 76.6 Å². The molecule has 1 aromatic heterocycles. The Bertz CT molecular complexity index is 495. The van der Waals surface area contributed by atoms with Crippen molar-refractivity contribution < 1.29 is 9.18 Å². The molecule has 1 atom stereocenters. The first-order valence-electron chi connectivity index (χ1n) is 9.62. The molecule has 0 saturated heterocycles. The summed E-state index contributed by atoms with van der Waals surface area (Å²) in [5.41, 5.74) is 1.75. The van der Waals surface area contributed by atoms with Gasteiger partial charge in [-0.1, -0.05) is 26.7 Å². The van der Waals surface area contributed by atoms with Gasteiger partial charge in [0.15, 0.2) is 0 Å². The van der Waals surface area contributed by atoms with E-state index < -0.39 is 6.17 Å². The maximum atomic E-state index is 14.6. The Morgan fingerprint density at radius 2 is 1.79 bits per heavy atom. The van der Waals surface area contributed by atoms with Gasteiger partial charge < -0.3 is 0 Å². The summed E-state index contributed by atoms with van der Waals surface area (Å²) in [5.74, 6) is 0.575. The second-order valence-electron chi connectivity index (χ2n) is 7.12. The molecule has 0 bridgehead atoms. The number of hydrogen-bond donors (Lipinski definition) is 0. The van der Waals surface area contributed by atoms with E-state index in [2.05, 4.69) is 17.1 Å². The number of ketones is 1. The minimum absolute atomic E-state index is 0.0666. The van der Waals surface area contributed by atoms with Crippen molar-refractivity contribution in [3.8, 4) is 0 Å². The number of Topliss-reactive ketones (excluding diaryl/α,β-unsaturated/α-hetero) is 1. The number of halogens is 1. The molecular weight excluding hydrogens is 303 g/mol. The van der Waals surface area contributed by atoms with Gasteiger partial charge in [0.1, 0.15) is 12.0 Å². The molecule has 2 rings (SSSR count). The van der Waals surface area contributed by atoms with Crippen molar-refractivity contribution in [1.82, 2.24) is 10.2 Å². The summed E-state index contributed by atoms with van der Waals surface area (Å²) in [5, 5.41) is 8.44. The SMILES string of the molecule is CCCCCc1ccc(CC(F)C2CCC(C(=O)CC)CC2)nn1. The van der Waals surface area contributed by atoms with Gasteiger partial charge in [-0.15, -0.1) is 0 Å². The molecule has 4 heteroatoms. The lowest BCUT2D eigenvalue weighted by Gasteiger charge is -2.29. The van der Waals surface area contributed by atoms with Gasteiger partial charge in [-0.3, -0.25) is 4.79 Å². The van der Waals surface area contributed by atoms with E-state index in [1.165, 1.54) is 12.8 Å². The number of alkyl halides is 1. The van der Waals surface area contributed by atoms with E-state index in [-0.39, 0.29) is 11.8 Å². The molecule has 0 amide bonds. The third-order valence-corrected chi connectivity index (χ3v) is 5.30. The van der Waals surface area contributed by atoms with E-state index >= 15 is 0 Å². The Labute approximate surface area is 145 Å². The summed E-state index contributed by atoms with van der Waals surface area (Å²) >= 11 is 0. The van der Waals surface area contributed by atoms with Crippen molar-refractivity contribution in [2.24, 2.45) is 11.8 Å². The normalized spacial score (nSPS) is 22.3. The predicted molar refractivity (Wildman–Crippen MR) is 94.6 cm³/mol. The Morgan fingerprint density at radius 1 is 1.12 bits per heavy atom. The standard InChI is InChI=1S/C20H31FN2O/c1-3-5-6-7-17-12-13-18(23-22-17)14-19(21)15-8-10-16(11-9-15)20(24)4-2/h12-13,15-16,19H,3-11,14H2,1-2H3. The molecule has 134 valence electrons. The number of hydrogen-bond acceptors (Lipinski definition) is 3. The van der Waals surface area contributed by atoms with Crippen molar-refractivity contribution in [2.75, 3.05) is 0 Å². The van der Waals surface area contributed by atoms with E-state index in [4.69, 9.17) is 0 Å². The van der Waals surface area contributed by atoms with Gasteiger partial charge in [-0.25, -0.2) is 4.39 Å². The number of carbonyl (C=O) groups excluding carboxylic acids is 1. The molecule has 24 heavy (non-hydrogen) atoms. The fourth-order valence-corrected chi connectivity index (χ4v) is 3.64. The van der Waals surface area contributed by atoms with Gasteiger partial charge in [0.05, 0.1) is 11.4 Å². The Kier molecular flexibility index (Phi) is 7.80. The monoisotopic (exact) mass is 334 g/mol. The molecule has 1 aliphatic rings. The van der Waals surface area contributed by atoms with Crippen molar-refractivity contribution in [2.45, 2.75) is 84.2 Å². The van der Waals surface area contributed by atoms with Crippen LogP contribution in [0.2, 0.25) is 0 Å². The van der Waals surface area contributed by atoms with Crippen molar-refractivity contribution in [3.05, 3.63) is 23.5 Å². The summed E-state index contributed by atoms with van der Waals surface area (Å²) in [7, 11) is 0. The van der Waals surface area contributed by atoms with Crippen LogP contribution in [0.4, 0.5) is 4.39 Å². The fourth-order valence-electron chi connectivity index (χ4n) is 3.64. The molecule has 0 aromatic carbocycles. The summed E-state index contributed by atoms with van der Waals surface area (Å²) in [6.07, 6.45) is 7.91. The summed E-state index contributed by atoms with van der Waals surface area (Å²) in [4.78, 5) is 11.7. The number of aromatic nitrogens is 2. The summed E-state index contributed by atoms with van der Waals surface area (Å²) < 4.78 is 14.6. The van der Waals surface area contributed by atoms with E-state index in [0.717, 1.165) is 49.9 Å². The number of nitrogens with zero attached hydrogens (tertiary/aromatic N) is 2. The largest absolute Gasteiger partial charge is 0.299 e. The number of aryl methyl sites for hydroxylation is 1. The average molecular weight is 334 g/mol. The van der Waals surface area contributed by atoms with Crippen LogP contribution in [-0.4, -0.2) is 22.2 Å². The first-order valence-corrected chi connectivity index (χ1v) is 9.62. The quantitative estimate of drug-likeness (QED) is 0.605. The van der Waals surface area contributed by atoms with Gasteiger partial charge in [0.2, 0.25) is 0 Å². The highest BCUT2D eigenvalue weighted by atomic mass is 19.1. The van der Waals surface area contributed by atoms with Crippen LogP contribution in [-0.2, 0) is 17.6 Å². The highest BCUT2D eigenvalue weighted by molar-refractivity contribution is 5.80. The third-order valence-electron chi connectivity index (χ3n) is 5.30. The molecule has 0 radical (unpaired) electrons. The lowest BCUT2D eigenvalue weighted by Crippen LogP contribution is -2.27. The molecule has 1 fully saturated rings. The maximum absolute atomic E-state index is 14.6. The van der Waals surface area contributed by atoms with Crippen molar-refractivity contribution in [3.63, 3.8) is 0 Å². The van der Waals surface area contributed by atoms with E-state index in [1.54, 1.807) is 0 Å². The average Bonchev–Trinajstić information content (AvgIpc) is 2.63. The first kappa shape index (κ1) is 19.0. The van der Waals surface area contributed by atoms with Crippen molar-refractivity contribution in [1.29, 1.82) is 0 Å². The van der Waals surface area contributed by atoms with Crippen LogP contribution in [0.5, 0.6) is 0 Å². The lowest BCUT2D eigenvalue weighted by atomic mass is 9.77. The Balaban J connectivity index is 1.78. The van der Waals surface area contributed by atoms with Gasteiger partial charge in [-0.05, 0) is 56.6 Å². The second kappa shape index (κ2) is 9.85. The van der Waals surface area contributed by atoms with Crippen LogP contribution >= 0.6 is 0 Å². The summed E-state index contributed by atoms with van der Waals surface area (Å²) in [6, 6.07) is 3.91. The first-order chi connectivity index (χ1) is 11.6. The van der Waals surface area contributed by atoms with Crippen LogP contribution < -0.4 is 0 Å². The predicted octanol–water partition coefficient (Wildman–Crippen LogP) is 4.88. The molecule has 0 spiro atoms. The molecule has 1 saturated carbocycles. The minimum Gasteiger partial charge on any atom is -0.299 e. The van der Waals surface area contributed by atoms with Gasteiger partial charge in [-0.2, -0.15) is 10.2 Å². The Morgan fingerprint density at radius 3 is 2.38 bits per heavy atom. The van der Waals surface area contributed by atoms with Crippen LogP contribution in [0.25, 0.3) is 0 Å². The van der Waals surface area contributed by atoms with Gasteiger partial charge in [0.25, 0.3) is 0 Å². The Hall–Kier alpha value is -1.32. The van der Waals surface area contributed by atoms with E-state index in [1.807, 2.05) is 19.1 Å². The molecule has 1 heterocycles. The highest BCUT2D eigenvalue weighted by Gasteiger charge is 2.30. The number of unbranched alkanes of at least 4 members (excludes halogenated alkanes) is 2. The van der Waals surface area contributed by atoms with Gasteiger partial charge in [0, 0.05) is 18.8 Å². The third kappa shape index (κ3) is 5.64. The molecule has 0 aliphatic heterocycles. The molecule has 1 unspecified atom stereocenters. The zero-order chi connectivity index (χ0) is 17.4.